The first-order chi connectivity index (χ1) is 18.9. The lowest BCUT2D eigenvalue weighted by Crippen LogP contribution is -2.22. The molecular weight excluding hydrogens is 515 g/mol. The first-order valence-electron chi connectivity index (χ1n) is 12.4. The van der Waals surface area contributed by atoms with Gasteiger partial charge in [-0.05, 0) is 49.4 Å². The van der Waals surface area contributed by atoms with Gasteiger partial charge in [0.1, 0.15) is 28.8 Å². The molecule has 11 heteroatoms. The minimum atomic E-state index is -0.725. The Morgan fingerprint density at radius 3 is 2.25 bits per heavy atom. The molecule has 2 aromatic heterocycles. The molecule has 0 saturated heterocycles. The highest BCUT2D eigenvalue weighted by molar-refractivity contribution is 5.99. The molecule has 0 unspecified atom stereocenters. The summed E-state index contributed by atoms with van der Waals surface area (Å²) in [6.07, 6.45) is 1.41. The summed E-state index contributed by atoms with van der Waals surface area (Å²) in [6, 6.07) is 14.8. The average molecular weight is 545 g/mol. The van der Waals surface area contributed by atoms with Crippen LogP contribution in [-0.2, 0) is 5.41 Å². The number of benzene rings is 2. The third kappa shape index (κ3) is 6.49. The number of carbonyl (C=O) groups excluding carboxylic acids is 3. The van der Waals surface area contributed by atoms with E-state index in [0.29, 0.717) is 22.8 Å². The number of rotatable bonds is 7. The van der Waals surface area contributed by atoms with Gasteiger partial charge in [-0.2, -0.15) is 5.10 Å². The number of anilines is 2. The number of urea groups is 1. The minimum Gasteiger partial charge on any atom is -0.457 e. The highest BCUT2D eigenvalue weighted by Crippen LogP contribution is 2.28. The number of hydrogen-bond acceptors (Lipinski definition) is 6. The average Bonchev–Trinajstić information content (AvgIpc) is 3.34. The van der Waals surface area contributed by atoms with E-state index in [2.05, 4.69) is 26.0 Å². The Balaban J connectivity index is 1.51. The molecule has 0 spiro atoms. The van der Waals surface area contributed by atoms with Crippen LogP contribution in [0.25, 0.3) is 5.69 Å². The molecule has 0 atom stereocenters. The van der Waals surface area contributed by atoms with Crippen LogP contribution in [0.3, 0.4) is 0 Å². The van der Waals surface area contributed by atoms with Gasteiger partial charge in [-0.1, -0.05) is 20.8 Å². The highest BCUT2D eigenvalue weighted by atomic mass is 19.1. The standard InChI is InChI=1S/C29H29FN6O4/c1-17(37)18-6-8-19(9-7-18)36-26(16-25(35-36)29(2,3)4)34-28(39)33-23-11-10-20(14-22(23)30)40-21-12-13-32-24(15-21)27(38)31-5/h6-16H,1-5H3,(H,31,38)(H2,33,34,39). The topological polar surface area (TPSA) is 127 Å². The molecule has 0 bridgehead atoms. The molecule has 206 valence electrons. The normalized spacial score (nSPS) is 11.1. The second-order valence-electron chi connectivity index (χ2n) is 9.96. The molecule has 0 fully saturated rings. The summed E-state index contributed by atoms with van der Waals surface area (Å²) in [7, 11) is 1.49. The van der Waals surface area contributed by atoms with Gasteiger partial charge in [0.25, 0.3) is 5.91 Å². The van der Waals surface area contributed by atoms with Gasteiger partial charge in [-0.3, -0.25) is 19.9 Å². The second-order valence-corrected chi connectivity index (χ2v) is 9.96. The first kappa shape index (κ1) is 28.0. The zero-order valence-corrected chi connectivity index (χ0v) is 22.7. The van der Waals surface area contributed by atoms with Crippen LogP contribution in [0.15, 0.2) is 66.9 Å². The van der Waals surface area contributed by atoms with Gasteiger partial charge in [0, 0.05) is 42.4 Å². The summed E-state index contributed by atoms with van der Waals surface area (Å²) < 4.78 is 22.1. The number of nitrogens with one attached hydrogen (secondary N) is 3. The molecule has 2 heterocycles. The number of aromatic nitrogens is 3. The van der Waals surface area contributed by atoms with Crippen LogP contribution in [0.1, 0.15) is 54.2 Å². The monoisotopic (exact) mass is 544 g/mol. The van der Waals surface area contributed by atoms with Crippen LogP contribution in [0, 0.1) is 5.82 Å². The van der Waals surface area contributed by atoms with E-state index in [1.807, 2.05) is 20.8 Å². The van der Waals surface area contributed by atoms with Crippen molar-refractivity contribution < 1.29 is 23.5 Å². The number of Topliss-reactive ketones (excluding diaryl/α,β-unsaturated/α-hetero) is 1. The Morgan fingerprint density at radius 1 is 0.925 bits per heavy atom. The largest absolute Gasteiger partial charge is 0.457 e. The maximum Gasteiger partial charge on any atom is 0.324 e. The molecule has 0 saturated carbocycles. The van der Waals surface area contributed by atoms with E-state index >= 15 is 0 Å². The SMILES string of the molecule is CNC(=O)c1cc(Oc2ccc(NC(=O)Nc3cc(C(C)(C)C)nn3-c3ccc(C(C)=O)cc3)c(F)c2)ccn1. The van der Waals surface area contributed by atoms with Crippen LogP contribution < -0.4 is 20.7 Å². The fourth-order valence-corrected chi connectivity index (χ4v) is 3.66. The summed E-state index contributed by atoms with van der Waals surface area (Å²) in [5.74, 6) is -0.343. The van der Waals surface area contributed by atoms with E-state index in [1.54, 1.807) is 35.0 Å². The van der Waals surface area contributed by atoms with E-state index in [4.69, 9.17) is 4.74 Å². The number of ketones is 1. The fourth-order valence-electron chi connectivity index (χ4n) is 3.66. The smallest absolute Gasteiger partial charge is 0.324 e. The highest BCUT2D eigenvalue weighted by Gasteiger charge is 2.22. The molecular formula is C29H29FN6O4. The maximum atomic E-state index is 14.9. The minimum absolute atomic E-state index is 0.0620. The van der Waals surface area contributed by atoms with Gasteiger partial charge in [0.15, 0.2) is 5.78 Å². The van der Waals surface area contributed by atoms with E-state index < -0.39 is 11.8 Å². The van der Waals surface area contributed by atoms with Gasteiger partial charge in [-0.25, -0.2) is 13.9 Å². The van der Waals surface area contributed by atoms with Crippen molar-refractivity contribution in [2.75, 3.05) is 17.7 Å². The van der Waals surface area contributed by atoms with Crippen LogP contribution in [0.2, 0.25) is 0 Å². The van der Waals surface area contributed by atoms with Crippen LogP contribution in [-0.4, -0.2) is 39.5 Å². The van der Waals surface area contributed by atoms with E-state index in [1.165, 1.54) is 44.4 Å². The van der Waals surface area contributed by atoms with Crippen molar-refractivity contribution in [1.82, 2.24) is 20.1 Å². The number of hydrogen-bond donors (Lipinski definition) is 3. The number of pyridine rings is 1. The molecule has 4 aromatic rings. The molecule has 0 aliphatic heterocycles. The lowest BCUT2D eigenvalue weighted by Gasteiger charge is -2.14. The van der Waals surface area contributed by atoms with Gasteiger partial charge in [0.2, 0.25) is 0 Å². The summed E-state index contributed by atoms with van der Waals surface area (Å²) in [4.78, 5) is 40.3. The molecule has 3 amide bonds. The first-order valence-corrected chi connectivity index (χ1v) is 12.4. The fraction of sp³-hybridized carbons (Fsp3) is 0.207. The van der Waals surface area contributed by atoms with Crippen molar-refractivity contribution in [2.45, 2.75) is 33.1 Å². The van der Waals surface area contributed by atoms with E-state index in [-0.39, 0.29) is 34.2 Å². The van der Waals surface area contributed by atoms with E-state index in [9.17, 15) is 18.8 Å². The third-order valence-corrected chi connectivity index (χ3v) is 5.85. The number of carbonyl (C=O) groups is 3. The number of ether oxygens (including phenoxy) is 1. The zero-order chi connectivity index (χ0) is 29.0. The molecule has 10 nitrogen and oxygen atoms in total. The predicted octanol–water partition coefficient (Wildman–Crippen LogP) is 5.70. The Morgan fingerprint density at radius 2 is 1.62 bits per heavy atom. The van der Waals surface area contributed by atoms with Crippen LogP contribution in [0.5, 0.6) is 11.5 Å². The van der Waals surface area contributed by atoms with Crippen molar-refractivity contribution in [2.24, 2.45) is 0 Å². The Hall–Kier alpha value is -5.06. The Labute approximate surface area is 230 Å². The second kappa shape index (κ2) is 11.4. The molecule has 0 radical (unpaired) electrons. The predicted molar refractivity (Wildman–Crippen MR) is 149 cm³/mol. The van der Waals surface area contributed by atoms with Crippen LogP contribution in [0.4, 0.5) is 20.7 Å². The Bertz CT molecular complexity index is 1570. The van der Waals surface area contributed by atoms with Gasteiger partial charge in [-0.15, -0.1) is 0 Å². The molecule has 0 aliphatic rings. The summed E-state index contributed by atoms with van der Waals surface area (Å²) >= 11 is 0. The van der Waals surface area contributed by atoms with Crippen LogP contribution >= 0.6 is 0 Å². The van der Waals surface area contributed by atoms with Crippen molar-refractivity contribution >= 4 is 29.2 Å². The van der Waals surface area contributed by atoms with Crippen molar-refractivity contribution in [3.63, 3.8) is 0 Å². The quantitative estimate of drug-likeness (QED) is 0.256. The zero-order valence-electron chi connectivity index (χ0n) is 22.7. The van der Waals surface area contributed by atoms with E-state index in [0.717, 1.165) is 11.8 Å². The lowest BCUT2D eigenvalue weighted by molar-refractivity contribution is 0.0956. The van der Waals surface area contributed by atoms with Gasteiger partial charge in [0.05, 0.1) is 17.1 Å². The number of halogens is 1. The summed E-state index contributed by atoms with van der Waals surface area (Å²) in [6.45, 7) is 7.46. The maximum absolute atomic E-state index is 14.9. The number of amides is 3. The number of nitrogens with zero attached hydrogens (tertiary/aromatic N) is 3. The lowest BCUT2D eigenvalue weighted by atomic mass is 9.92. The molecule has 40 heavy (non-hydrogen) atoms. The van der Waals surface area contributed by atoms with Crippen molar-refractivity contribution in [1.29, 1.82) is 0 Å². The van der Waals surface area contributed by atoms with Crippen molar-refractivity contribution in [3.8, 4) is 17.2 Å². The molecule has 2 aromatic carbocycles. The summed E-state index contributed by atoms with van der Waals surface area (Å²) in [5.41, 5.74) is 1.69. The molecule has 0 aliphatic carbocycles. The molecule has 4 rings (SSSR count). The third-order valence-electron chi connectivity index (χ3n) is 5.85. The van der Waals surface area contributed by atoms with Gasteiger partial charge >= 0.3 is 6.03 Å². The van der Waals surface area contributed by atoms with Crippen molar-refractivity contribution in [3.05, 3.63) is 89.6 Å². The summed E-state index contributed by atoms with van der Waals surface area (Å²) in [5, 5.41) is 12.4. The Kier molecular flexibility index (Phi) is 7.94. The van der Waals surface area contributed by atoms with Gasteiger partial charge < -0.3 is 15.4 Å². The molecule has 3 N–H and O–H groups in total.